The molecule has 6 aromatic rings. The van der Waals surface area contributed by atoms with Crippen LogP contribution in [0.5, 0.6) is 0 Å². The summed E-state index contributed by atoms with van der Waals surface area (Å²) in [7, 11) is 0. The average molecular weight is 504 g/mol. The first-order chi connectivity index (χ1) is 18.1. The smallest absolute Gasteiger partial charge is 0.321 e. The minimum atomic E-state index is -0.507. The molecule has 0 aliphatic rings. The Morgan fingerprint density at radius 1 is 0.946 bits per heavy atom. The molecular weight excluding hydrogens is 482 g/mol. The maximum Gasteiger partial charge on any atom is 0.321 e. The lowest BCUT2D eigenvalue weighted by Crippen LogP contribution is -2.30. The number of hydrogen-bond donors (Lipinski definition) is 1. The normalized spacial score (nSPS) is 11.8. The number of aliphatic imine (C=N–C) groups is 1. The number of thiophene rings is 1. The lowest BCUT2D eigenvalue weighted by Gasteiger charge is -2.10. The van der Waals surface area contributed by atoms with Crippen LogP contribution in [0.15, 0.2) is 107 Å². The lowest BCUT2D eigenvalue weighted by molar-refractivity contribution is -0.670. The Morgan fingerprint density at radius 2 is 1.65 bits per heavy atom. The van der Waals surface area contributed by atoms with Crippen LogP contribution in [0.1, 0.15) is 10.4 Å². The summed E-state index contributed by atoms with van der Waals surface area (Å²) in [6.07, 6.45) is 1.56. The highest BCUT2D eigenvalue weighted by Crippen LogP contribution is 2.41. The van der Waals surface area contributed by atoms with Gasteiger partial charge in [0.05, 0.1) is 16.3 Å². The van der Waals surface area contributed by atoms with Crippen molar-refractivity contribution in [3.63, 3.8) is 0 Å². The van der Waals surface area contributed by atoms with Crippen LogP contribution in [-0.4, -0.2) is 16.2 Å². The van der Waals surface area contributed by atoms with Crippen molar-refractivity contribution in [2.45, 2.75) is 6.92 Å². The monoisotopic (exact) mass is 503 g/mol. The molecular formula is C29H21N5O2S. The van der Waals surface area contributed by atoms with E-state index in [9.17, 15) is 5.11 Å². The first kappa shape index (κ1) is 22.6. The van der Waals surface area contributed by atoms with Crippen molar-refractivity contribution in [3.8, 4) is 28.1 Å². The van der Waals surface area contributed by atoms with Gasteiger partial charge >= 0.3 is 5.88 Å². The lowest BCUT2D eigenvalue weighted by atomic mass is 9.99. The van der Waals surface area contributed by atoms with E-state index >= 15 is 0 Å². The molecule has 3 heterocycles. The van der Waals surface area contributed by atoms with Crippen LogP contribution in [0.3, 0.4) is 0 Å². The molecule has 0 radical (unpaired) electrons. The van der Waals surface area contributed by atoms with E-state index in [2.05, 4.69) is 34.5 Å². The number of hydrogen-bond acceptors (Lipinski definition) is 7. The zero-order valence-electron chi connectivity index (χ0n) is 19.8. The molecule has 0 bridgehead atoms. The number of anilines is 1. The fourth-order valence-corrected chi connectivity index (χ4v) is 5.14. The molecule has 180 valence electrons. The largest absolute Gasteiger partial charge is 0.857 e. The molecule has 0 unspecified atom stereocenters. The number of nitrogens with zero attached hydrogens (tertiary/aromatic N) is 4. The molecule has 0 atom stereocenters. The number of pyridine rings is 1. The number of fused-ring (bicyclic) bond motifs is 1. The summed E-state index contributed by atoms with van der Waals surface area (Å²) in [6, 6.07) is 29.6. The van der Waals surface area contributed by atoms with Gasteiger partial charge in [-0.3, -0.25) is 4.52 Å². The quantitative estimate of drug-likeness (QED) is 0.197. The standard InChI is InChI=1S/C29H21N5O2S/c1-18-12-14-19(15-13-18)22-16-23(20-8-4-2-5-9-20)31-29-25(22)26(30)27(37-29)28(35)32-24-17-34(33-36-24)21-10-6-3-7-11-21/h2-17H,1H3,(H2-,30,32,33,35). The highest BCUT2D eigenvalue weighted by molar-refractivity contribution is 7.21. The summed E-state index contributed by atoms with van der Waals surface area (Å²) in [5.41, 5.74) is 12.6. The van der Waals surface area contributed by atoms with Gasteiger partial charge in [-0.15, -0.1) is 11.3 Å². The number of nitrogens with two attached hydrogens (primary N) is 1. The van der Waals surface area contributed by atoms with Gasteiger partial charge in [0.15, 0.2) is 0 Å². The highest BCUT2D eigenvalue weighted by atomic mass is 32.1. The van der Waals surface area contributed by atoms with E-state index < -0.39 is 5.90 Å². The minimum absolute atomic E-state index is 0.0856. The van der Waals surface area contributed by atoms with Crippen molar-refractivity contribution in [2.24, 2.45) is 4.99 Å². The van der Waals surface area contributed by atoms with Gasteiger partial charge in [-0.1, -0.05) is 78.4 Å². The fraction of sp³-hybridized carbons (Fsp3) is 0.0345. The third kappa shape index (κ3) is 4.34. The van der Waals surface area contributed by atoms with Crippen LogP contribution < -0.4 is 15.5 Å². The zero-order valence-corrected chi connectivity index (χ0v) is 20.6. The number of rotatable bonds is 5. The molecule has 3 aromatic carbocycles. The molecule has 0 aliphatic heterocycles. The Labute approximate surface area is 216 Å². The van der Waals surface area contributed by atoms with E-state index in [4.69, 9.17) is 15.2 Å². The van der Waals surface area contributed by atoms with Crippen LogP contribution in [0, 0.1) is 6.92 Å². The van der Waals surface area contributed by atoms with Gasteiger partial charge in [-0.05, 0) is 28.8 Å². The molecule has 0 saturated heterocycles. The Bertz CT molecular complexity index is 1740. The topological polar surface area (TPSA) is 104 Å². The number of benzene rings is 3. The van der Waals surface area contributed by atoms with Gasteiger partial charge in [0, 0.05) is 29.0 Å². The molecule has 0 amide bonds. The van der Waals surface area contributed by atoms with Crippen LogP contribution in [0.2, 0.25) is 0 Å². The van der Waals surface area contributed by atoms with Crippen molar-refractivity contribution in [1.29, 1.82) is 0 Å². The van der Waals surface area contributed by atoms with E-state index in [1.807, 2.05) is 73.7 Å². The second-order valence-electron chi connectivity index (χ2n) is 8.55. The highest BCUT2D eigenvalue weighted by Gasteiger charge is 2.19. The Morgan fingerprint density at radius 3 is 2.38 bits per heavy atom. The second-order valence-corrected chi connectivity index (χ2v) is 9.55. The van der Waals surface area contributed by atoms with Gasteiger partial charge < -0.3 is 10.8 Å². The molecule has 3 aromatic heterocycles. The van der Waals surface area contributed by atoms with Crippen molar-refractivity contribution < 1.29 is 14.3 Å². The average Bonchev–Trinajstić information content (AvgIpc) is 3.54. The first-order valence-corrected chi connectivity index (χ1v) is 12.4. The van der Waals surface area contributed by atoms with Gasteiger partial charge in [0.25, 0.3) is 6.20 Å². The molecule has 0 saturated carbocycles. The Balaban J connectivity index is 1.48. The summed E-state index contributed by atoms with van der Waals surface area (Å²) in [5, 5.41) is 17.9. The maximum atomic E-state index is 13.2. The van der Waals surface area contributed by atoms with Gasteiger partial charge in [0.1, 0.15) is 4.83 Å². The molecule has 8 heteroatoms. The van der Waals surface area contributed by atoms with E-state index in [1.165, 1.54) is 16.0 Å². The fourth-order valence-electron chi connectivity index (χ4n) is 4.14. The SMILES string of the molecule is Cc1ccc(-c2cc(-c3ccccc3)nc3sc(/C([O-])=N/c4c[n+](-c5ccccc5)no4)c(N)c23)cc1. The van der Waals surface area contributed by atoms with E-state index in [-0.39, 0.29) is 5.88 Å². The van der Waals surface area contributed by atoms with E-state index in [1.54, 1.807) is 6.20 Å². The van der Waals surface area contributed by atoms with Crippen LogP contribution in [0.4, 0.5) is 11.6 Å². The van der Waals surface area contributed by atoms with Crippen molar-refractivity contribution in [2.75, 3.05) is 5.73 Å². The molecule has 2 N–H and O–H groups in total. The summed E-state index contributed by atoms with van der Waals surface area (Å²) in [4.78, 5) is 9.99. The number of para-hydroxylation sites is 1. The molecule has 0 fully saturated rings. The van der Waals surface area contributed by atoms with Gasteiger partial charge in [-0.2, -0.15) is 0 Å². The van der Waals surface area contributed by atoms with Crippen LogP contribution >= 0.6 is 11.3 Å². The summed E-state index contributed by atoms with van der Waals surface area (Å²) >= 11 is 1.23. The molecule has 6 rings (SSSR count). The molecule has 37 heavy (non-hydrogen) atoms. The van der Waals surface area contributed by atoms with Crippen molar-refractivity contribution in [1.82, 2.24) is 10.3 Å². The van der Waals surface area contributed by atoms with Gasteiger partial charge in [-0.25, -0.2) is 9.98 Å². The molecule has 0 aliphatic carbocycles. The Hall–Kier alpha value is -4.82. The predicted octanol–water partition coefficient (Wildman–Crippen LogP) is 5.22. The zero-order chi connectivity index (χ0) is 25.4. The first-order valence-electron chi connectivity index (χ1n) is 11.6. The summed E-state index contributed by atoms with van der Waals surface area (Å²) in [6.45, 7) is 2.05. The van der Waals surface area contributed by atoms with Crippen molar-refractivity contribution >= 4 is 39.0 Å². The number of nitrogen functional groups attached to an aromatic ring is 1. The third-order valence-corrected chi connectivity index (χ3v) is 7.10. The Kier molecular flexibility index (Phi) is 5.71. The van der Waals surface area contributed by atoms with E-state index in [0.717, 1.165) is 39.0 Å². The van der Waals surface area contributed by atoms with Crippen LogP contribution in [-0.2, 0) is 0 Å². The van der Waals surface area contributed by atoms with Crippen molar-refractivity contribution in [3.05, 3.63) is 108 Å². The second kappa shape index (κ2) is 9.33. The van der Waals surface area contributed by atoms with E-state index in [0.29, 0.717) is 15.4 Å². The third-order valence-electron chi connectivity index (χ3n) is 6.01. The summed E-state index contributed by atoms with van der Waals surface area (Å²) < 4.78 is 6.80. The van der Waals surface area contributed by atoms with Crippen LogP contribution in [0.25, 0.3) is 38.3 Å². The van der Waals surface area contributed by atoms with Gasteiger partial charge in [0.2, 0.25) is 11.0 Å². The maximum absolute atomic E-state index is 13.2. The summed E-state index contributed by atoms with van der Waals surface area (Å²) in [5.74, 6) is -0.421. The minimum Gasteiger partial charge on any atom is -0.857 e. The molecule has 0 spiro atoms. The number of aromatic nitrogens is 3. The molecule has 7 nitrogen and oxygen atoms in total. The predicted molar refractivity (Wildman–Crippen MR) is 144 cm³/mol. The number of aryl methyl sites for hydroxylation is 1.